The molecular formula is C10H12O. The van der Waals surface area contributed by atoms with E-state index in [4.69, 9.17) is 4.74 Å². The smallest absolute Gasteiger partial charge is 0.106 e. The predicted molar refractivity (Wildman–Crippen MR) is 44.6 cm³/mol. The molecule has 1 heterocycles. The number of rotatable bonds is 1. The molecule has 1 atom stereocenters. The summed E-state index contributed by atoms with van der Waals surface area (Å²) in [6, 6.07) is 6.53. The fourth-order valence-corrected chi connectivity index (χ4v) is 1.21. The van der Waals surface area contributed by atoms with Crippen LogP contribution in [0.1, 0.15) is 22.8 Å². The number of benzene rings is 1. The molecular weight excluding hydrogens is 136 g/mol. The minimum atomic E-state index is 0.397. The van der Waals surface area contributed by atoms with Crippen LogP contribution >= 0.6 is 0 Å². The third-order valence-electron chi connectivity index (χ3n) is 2.24. The lowest BCUT2D eigenvalue weighted by Gasteiger charge is -2.01. The summed E-state index contributed by atoms with van der Waals surface area (Å²) in [6.07, 6.45) is 0.397. The van der Waals surface area contributed by atoms with Crippen LogP contribution in [0.15, 0.2) is 18.2 Å². The van der Waals surface area contributed by atoms with E-state index in [2.05, 4.69) is 32.0 Å². The van der Waals surface area contributed by atoms with Crippen molar-refractivity contribution in [1.29, 1.82) is 0 Å². The average molecular weight is 148 g/mol. The Balaban J connectivity index is 2.36. The predicted octanol–water partition coefficient (Wildman–Crippen LogP) is 2.37. The van der Waals surface area contributed by atoms with Gasteiger partial charge in [0.2, 0.25) is 0 Å². The Morgan fingerprint density at radius 1 is 1.27 bits per heavy atom. The van der Waals surface area contributed by atoms with Crippen molar-refractivity contribution in [3.05, 3.63) is 34.9 Å². The topological polar surface area (TPSA) is 12.5 Å². The maximum atomic E-state index is 5.19. The van der Waals surface area contributed by atoms with Crippen molar-refractivity contribution >= 4 is 0 Å². The third kappa shape index (κ3) is 1.29. The molecule has 0 amide bonds. The summed E-state index contributed by atoms with van der Waals surface area (Å²) < 4.78 is 5.19. The van der Waals surface area contributed by atoms with Gasteiger partial charge in [-0.1, -0.05) is 18.2 Å². The highest BCUT2D eigenvalue weighted by Crippen LogP contribution is 2.30. The van der Waals surface area contributed by atoms with Gasteiger partial charge in [0.1, 0.15) is 6.10 Å². The van der Waals surface area contributed by atoms with Crippen LogP contribution in [0.25, 0.3) is 0 Å². The van der Waals surface area contributed by atoms with E-state index in [1.807, 2.05) is 0 Å². The Kier molecular flexibility index (Phi) is 1.46. The van der Waals surface area contributed by atoms with Gasteiger partial charge in [0.15, 0.2) is 0 Å². The minimum Gasteiger partial charge on any atom is -0.368 e. The van der Waals surface area contributed by atoms with Crippen molar-refractivity contribution in [2.45, 2.75) is 20.0 Å². The van der Waals surface area contributed by atoms with Crippen LogP contribution in [0.2, 0.25) is 0 Å². The molecule has 1 fully saturated rings. The van der Waals surface area contributed by atoms with Crippen LogP contribution in [-0.4, -0.2) is 6.61 Å². The molecule has 0 unspecified atom stereocenters. The molecule has 0 spiro atoms. The molecule has 0 N–H and O–H groups in total. The molecule has 1 aromatic rings. The molecule has 0 aromatic heterocycles. The fraction of sp³-hybridized carbons (Fsp3) is 0.400. The quantitative estimate of drug-likeness (QED) is 0.557. The molecule has 2 rings (SSSR count). The Morgan fingerprint density at radius 2 is 2.00 bits per heavy atom. The summed E-state index contributed by atoms with van der Waals surface area (Å²) in [5.41, 5.74) is 4.04. The summed E-state index contributed by atoms with van der Waals surface area (Å²) in [4.78, 5) is 0. The van der Waals surface area contributed by atoms with Crippen LogP contribution in [0.5, 0.6) is 0 Å². The molecule has 1 aromatic carbocycles. The third-order valence-corrected chi connectivity index (χ3v) is 2.24. The number of aryl methyl sites for hydroxylation is 2. The lowest BCUT2D eigenvalue weighted by molar-refractivity contribution is 0.415. The van der Waals surface area contributed by atoms with E-state index in [9.17, 15) is 0 Å². The van der Waals surface area contributed by atoms with E-state index in [-0.39, 0.29) is 0 Å². The Labute approximate surface area is 67.0 Å². The van der Waals surface area contributed by atoms with Gasteiger partial charge in [0.05, 0.1) is 6.61 Å². The highest BCUT2D eigenvalue weighted by atomic mass is 16.6. The van der Waals surface area contributed by atoms with Gasteiger partial charge in [-0.15, -0.1) is 0 Å². The van der Waals surface area contributed by atoms with Crippen molar-refractivity contribution in [2.24, 2.45) is 0 Å². The van der Waals surface area contributed by atoms with Gasteiger partial charge in [-0.2, -0.15) is 0 Å². The zero-order valence-electron chi connectivity index (χ0n) is 6.92. The summed E-state index contributed by atoms with van der Waals surface area (Å²) in [7, 11) is 0. The maximum Gasteiger partial charge on any atom is 0.106 e. The molecule has 1 heteroatoms. The van der Waals surface area contributed by atoms with Crippen LogP contribution in [0, 0.1) is 13.8 Å². The average Bonchev–Trinajstić information content (AvgIpc) is 2.77. The molecule has 11 heavy (non-hydrogen) atoms. The Bertz CT molecular complexity index is 274. The second-order valence-electron chi connectivity index (χ2n) is 3.17. The Morgan fingerprint density at radius 3 is 2.55 bits per heavy atom. The van der Waals surface area contributed by atoms with Gasteiger partial charge in [0, 0.05) is 0 Å². The lowest BCUT2D eigenvalue weighted by atomic mass is 10.0. The summed E-state index contributed by atoms with van der Waals surface area (Å²) >= 11 is 0. The summed E-state index contributed by atoms with van der Waals surface area (Å²) in [5, 5.41) is 0. The van der Waals surface area contributed by atoms with E-state index < -0.39 is 0 Å². The zero-order chi connectivity index (χ0) is 7.84. The van der Waals surface area contributed by atoms with Gasteiger partial charge >= 0.3 is 0 Å². The Hall–Kier alpha value is -0.820. The fourth-order valence-electron chi connectivity index (χ4n) is 1.21. The zero-order valence-corrected chi connectivity index (χ0v) is 6.92. The highest BCUT2D eigenvalue weighted by Gasteiger charge is 2.24. The second-order valence-corrected chi connectivity index (χ2v) is 3.17. The highest BCUT2D eigenvalue weighted by molar-refractivity contribution is 5.32. The lowest BCUT2D eigenvalue weighted by Crippen LogP contribution is -1.85. The van der Waals surface area contributed by atoms with E-state index in [0.717, 1.165) is 6.61 Å². The van der Waals surface area contributed by atoms with Crippen molar-refractivity contribution < 1.29 is 4.74 Å². The molecule has 0 saturated carbocycles. The molecule has 1 aliphatic heterocycles. The van der Waals surface area contributed by atoms with E-state index in [0.29, 0.717) is 6.10 Å². The molecule has 1 saturated heterocycles. The number of epoxide rings is 1. The van der Waals surface area contributed by atoms with Gasteiger partial charge in [-0.3, -0.25) is 0 Å². The number of hydrogen-bond donors (Lipinski definition) is 0. The van der Waals surface area contributed by atoms with E-state index >= 15 is 0 Å². The van der Waals surface area contributed by atoms with Gasteiger partial charge in [-0.05, 0) is 30.5 Å². The first kappa shape index (κ1) is 6.86. The first-order valence-electron chi connectivity index (χ1n) is 3.96. The first-order valence-corrected chi connectivity index (χ1v) is 3.96. The minimum absolute atomic E-state index is 0.397. The van der Waals surface area contributed by atoms with Gasteiger partial charge in [0.25, 0.3) is 0 Å². The SMILES string of the molecule is Cc1ccc([C@H]2CO2)cc1C. The van der Waals surface area contributed by atoms with Crippen LogP contribution in [0.4, 0.5) is 0 Å². The van der Waals surface area contributed by atoms with Crippen LogP contribution in [-0.2, 0) is 4.74 Å². The van der Waals surface area contributed by atoms with E-state index in [1.54, 1.807) is 0 Å². The number of ether oxygens (including phenoxy) is 1. The molecule has 1 nitrogen and oxygen atoms in total. The molecule has 0 bridgehead atoms. The monoisotopic (exact) mass is 148 g/mol. The summed E-state index contributed by atoms with van der Waals surface area (Å²) in [5.74, 6) is 0. The number of hydrogen-bond acceptors (Lipinski definition) is 1. The molecule has 0 radical (unpaired) electrons. The largest absolute Gasteiger partial charge is 0.368 e. The van der Waals surface area contributed by atoms with Crippen LogP contribution in [0.3, 0.4) is 0 Å². The first-order chi connectivity index (χ1) is 5.27. The molecule has 58 valence electrons. The van der Waals surface area contributed by atoms with E-state index in [1.165, 1.54) is 16.7 Å². The maximum absolute atomic E-state index is 5.19. The van der Waals surface area contributed by atoms with Gasteiger partial charge < -0.3 is 4.74 Å². The normalized spacial score (nSPS) is 21.8. The van der Waals surface area contributed by atoms with Crippen LogP contribution < -0.4 is 0 Å². The van der Waals surface area contributed by atoms with Gasteiger partial charge in [-0.25, -0.2) is 0 Å². The summed E-state index contributed by atoms with van der Waals surface area (Å²) in [6.45, 7) is 5.18. The van der Waals surface area contributed by atoms with Crippen molar-refractivity contribution in [3.8, 4) is 0 Å². The standard InChI is InChI=1S/C10H12O/c1-7-3-4-9(5-8(7)2)10-6-11-10/h3-5,10H,6H2,1-2H3/t10-/m1/s1. The van der Waals surface area contributed by atoms with Crippen molar-refractivity contribution in [1.82, 2.24) is 0 Å². The molecule has 1 aliphatic rings. The molecule has 0 aliphatic carbocycles. The van der Waals surface area contributed by atoms with Crippen molar-refractivity contribution in [2.75, 3.05) is 6.61 Å². The second kappa shape index (κ2) is 2.35. The van der Waals surface area contributed by atoms with Crippen molar-refractivity contribution in [3.63, 3.8) is 0 Å².